The molecule has 2 atom stereocenters. The quantitative estimate of drug-likeness (QED) is 0.595. The van der Waals surface area contributed by atoms with Gasteiger partial charge in [-0.25, -0.2) is 4.39 Å². The van der Waals surface area contributed by atoms with Crippen molar-refractivity contribution in [1.29, 1.82) is 0 Å². The minimum absolute atomic E-state index is 0.132. The first-order valence-corrected chi connectivity index (χ1v) is 12.2. The molecule has 37 heavy (non-hydrogen) atoms. The highest BCUT2D eigenvalue weighted by Crippen LogP contribution is 2.30. The summed E-state index contributed by atoms with van der Waals surface area (Å²) in [4.78, 5) is 54.5. The molecule has 0 aliphatic carbocycles. The van der Waals surface area contributed by atoms with E-state index in [4.69, 9.17) is 16.3 Å². The van der Waals surface area contributed by atoms with E-state index in [1.54, 1.807) is 29.2 Å². The van der Waals surface area contributed by atoms with E-state index in [2.05, 4.69) is 10.6 Å². The standard InChI is InChI=1S/C26H24ClFN4O5/c27-19-12-16(3-4-20(19)28)24(34)29-17-13-22-25(35)30-21-5-1-15(11-18(21)26(36)32(22)14-17)2-6-23(33)31-7-9-37-10-8-31/h1-6,11-12,17,22H,7-10,13-14H2,(H,29,34)(H,30,35)/b6-2+/t17-,22-/m0/s1. The Morgan fingerprint density at radius 3 is 2.68 bits per heavy atom. The van der Waals surface area contributed by atoms with Crippen LogP contribution < -0.4 is 10.6 Å². The number of fused-ring (bicyclic) bond motifs is 2. The number of halogens is 2. The number of morpholine rings is 1. The van der Waals surface area contributed by atoms with E-state index in [0.717, 1.165) is 6.07 Å². The Morgan fingerprint density at radius 1 is 1.14 bits per heavy atom. The first kappa shape index (κ1) is 24.9. The fraction of sp³-hybridized carbons (Fsp3) is 0.308. The zero-order valence-corrected chi connectivity index (χ0v) is 20.5. The van der Waals surface area contributed by atoms with Crippen LogP contribution in [0.1, 0.15) is 32.7 Å². The minimum Gasteiger partial charge on any atom is -0.378 e. The summed E-state index contributed by atoms with van der Waals surface area (Å²) < 4.78 is 18.7. The number of carbonyl (C=O) groups is 4. The zero-order valence-electron chi connectivity index (χ0n) is 19.7. The molecule has 2 saturated heterocycles. The Balaban J connectivity index is 1.30. The number of hydrogen-bond donors (Lipinski definition) is 2. The summed E-state index contributed by atoms with van der Waals surface area (Å²) in [5.74, 6) is -1.95. The van der Waals surface area contributed by atoms with Gasteiger partial charge in [0.1, 0.15) is 11.9 Å². The predicted octanol–water partition coefficient (Wildman–Crippen LogP) is 2.32. The smallest absolute Gasteiger partial charge is 0.256 e. The molecule has 0 saturated carbocycles. The number of anilines is 1. The van der Waals surface area contributed by atoms with E-state index >= 15 is 0 Å². The fourth-order valence-corrected chi connectivity index (χ4v) is 4.88. The van der Waals surface area contributed by atoms with Crippen molar-refractivity contribution >= 4 is 47.0 Å². The number of rotatable bonds is 4. The minimum atomic E-state index is -0.760. The molecule has 9 nitrogen and oxygen atoms in total. The van der Waals surface area contributed by atoms with Crippen LogP contribution in [0.3, 0.4) is 0 Å². The van der Waals surface area contributed by atoms with Gasteiger partial charge < -0.3 is 25.2 Å². The summed E-state index contributed by atoms with van der Waals surface area (Å²) >= 11 is 5.78. The third-order valence-corrected chi connectivity index (χ3v) is 6.94. The first-order chi connectivity index (χ1) is 17.8. The van der Waals surface area contributed by atoms with Gasteiger partial charge in [0.2, 0.25) is 11.8 Å². The molecule has 3 aliphatic rings. The van der Waals surface area contributed by atoms with E-state index in [1.807, 2.05) is 0 Å². The lowest BCUT2D eigenvalue weighted by atomic mass is 10.1. The Kier molecular flexibility index (Phi) is 6.94. The number of nitrogens with zero attached hydrogens (tertiary/aromatic N) is 2. The van der Waals surface area contributed by atoms with Crippen molar-refractivity contribution in [2.24, 2.45) is 0 Å². The summed E-state index contributed by atoms with van der Waals surface area (Å²) in [6.45, 7) is 2.19. The Morgan fingerprint density at radius 2 is 1.92 bits per heavy atom. The molecular weight excluding hydrogens is 503 g/mol. The van der Waals surface area contributed by atoms with E-state index in [9.17, 15) is 23.6 Å². The Hall–Kier alpha value is -3.76. The van der Waals surface area contributed by atoms with Crippen LogP contribution >= 0.6 is 11.6 Å². The van der Waals surface area contributed by atoms with Crippen molar-refractivity contribution in [3.63, 3.8) is 0 Å². The van der Waals surface area contributed by atoms with Crippen molar-refractivity contribution in [3.05, 3.63) is 70.0 Å². The fourth-order valence-electron chi connectivity index (χ4n) is 4.70. The van der Waals surface area contributed by atoms with Crippen LogP contribution in [-0.2, 0) is 14.3 Å². The van der Waals surface area contributed by atoms with Crippen molar-refractivity contribution in [2.45, 2.75) is 18.5 Å². The van der Waals surface area contributed by atoms with Gasteiger partial charge in [0.05, 0.1) is 29.5 Å². The van der Waals surface area contributed by atoms with Crippen molar-refractivity contribution < 1.29 is 28.3 Å². The highest BCUT2D eigenvalue weighted by Gasteiger charge is 2.43. The van der Waals surface area contributed by atoms with Crippen LogP contribution in [0.2, 0.25) is 5.02 Å². The summed E-state index contributed by atoms with van der Waals surface area (Å²) in [7, 11) is 0. The molecule has 11 heteroatoms. The monoisotopic (exact) mass is 526 g/mol. The van der Waals surface area contributed by atoms with Gasteiger partial charge >= 0.3 is 0 Å². The normalized spacial score (nSPS) is 21.4. The lowest BCUT2D eigenvalue weighted by molar-refractivity contribution is -0.129. The Labute approximate surface area is 217 Å². The molecule has 2 aromatic rings. The van der Waals surface area contributed by atoms with Crippen LogP contribution in [0.15, 0.2) is 42.5 Å². The van der Waals surface area contributed by atoms with E-state index in [1.165, 1.54) is 23.1 Å². The Bertz CT molecular complexity index is 1310. The molecule has 3 heterocycles. The molecule has 2 fully saturated rings. The maximum absolute atomic E-state index is 13.4. The van der Waals surface area contributed by atoms with Crippen LogP contribution in [0, 0.1) is 5.82 Å². The van der Waals surface area contributed by atoms with E-state index in [0.29, 0.717) is 43.1 Å². The second-order valence-electron chi connectivity index (χ2n) is 9.07. The number of ether oxygens (including phenoxy) is 1. The molecule has 0 radical (unpaired) electrons. The topological polar surface area (TPSA) is 108 Å². The van der Waals surface area contributed by atoms with E-state index < -0.39 is 23.8 Å². The first-order valence-electron chi connectivity index (χ1n) is 11.9. The molecule has 0 unspecified atom stereocenters. The second-order valence-corrected chi connectivity index (χ2v) is 9.48. The molecule has 2 N–H and O–H groups in total. The number of nitrogens with one attached hydrogen (secondary N) is 2. The molecule has 3 aliphatic heterocycles. The summed E-state index contributed by atoms with van der Waals surface area (Å²) in [5.41, 5.74) is 1.51. The van der Waals surface area contributed by atoms with Gasteiger partial charge in [-0.1, -0.05) is 17.7 Å². The third-order valence-electron chi connectivity index (χ3n) is 6.65. The SMILES string of the molecule is O=C(N[C@H]1C[C@H]2C(=O)Nc3ccc(/C=C/C(=O)N4CCOCC4)cc3C(=O)N2C1)c1ccc(F)c(Cl)c1. The van der Waals surface area contributed by atoms with Gasteiger partial charge in [0.25, 0.3) is 11.8 Å². The summed E-state index contributed by atoms with van der Waals surface area (Å²) in [5, 5.41) is 5.43. The van der Waals surface area contributed by atoms with Crippen LogP contribution in [-0.4, -0.2) is 78.4 Å². The average Bonchev–Trinajstić information content (AvgIpc) is 3.29. The maximum Gasteiger partial charge on any atom is 0.256 e. The molecule has 0 spiro atoms. The molecule has 5 rings (SSSR count). The van der Waals surface area contributed by atoms with Crippen molar-refractivity contribution in [1.82, 2.24) is 15.1 Å². The van der Waals surface area contributed by atoms with Crippen molar-refractivity contribution in [2.75, 3.05) is 38.2 Å². The number of benzene rings is 2. The highest BCUT2D eigenvalue weighted by atomic mass is 35.5. The van der Waals surface area contributed by atoms with Crippen LogP contribution in [0.4, 0.5) is 10.1 Å². The molecule has 0 aromatic heterocycles. The van der Waals surface area contributed by atoms with Crippen LogP contribution in [0.5, 0.6) is 0 Å². The predicted molar refractivity (Wildman–Crippen MR) is 134 cm³/mol. The molecule has 4 amide bonds. The van der Waals surface area contributed by atoms with Gasteiger partial charge in [0, 0.05) is 37.3 Å². The molecule has 192 valence electrons. The summed E-state index contributed by atoms with van der Waals surface area (Å²) in [6.07, 6.45) is 3.32. The zero-order chi connectivity index (χ0) is 26.1. The molecular formula is C26H24ClFN4O5. The van der Waals surface area contributed by atoms with E-state index in [-0.39, 0.29) is 41.3 Å². The third kappa shape index (κ3) is 5.21. The van der Waals surface area contributed by atoms with Gasteiger partial charge in [-0.05, 0) is 48.4 Å². The number of carbonyl (C=O) groups excluding carboxylic acids is 4. The van der Waals surface area contributed by atoms with Gasteiger partial charge in [-0.15, -0.1) is 0 Å². The maximum atomic E-state index is 13.4. The van der Waals surface area contributed by atoms with Gasteiger partial charge in [-0.2, -0.15) is 0 Å². The molecule has 0 bridgehead atoms. The second kappa shape index (κ2) is 10.3. The lowest BCUT2D eigenvalue weighted by Gasteiger charge is -2.25. The number of amides is 4. The lowest BCUT2D eigenvalue weighted by Crippen LogP contribution is -2.41. The van der Waals surface area contributed by atoms with Gasteiger partial charge in [-0.3, -0.25) is 19.2 Å². The highest BCUT2D eigenvalue weighted by molar-refractivity contribution is 6.31. The van der Waals surface area contributed by atoms with Crippen LogP contribution in [0.25, 0.3) is 6.08 Å². The average molecular weight is 527 g/mol. The largest absolute Gasteiger partial charge is 0.378 e. The molecule has 2 aromatic carbocycles. The van der Waals surface area contributed by atoms with Crippen molar-refractivity contribution in [3.8, 4) is 0 Å². The summed E-state index contributed by atoms with van der Waals surface area (Å²) in [6, 6.07) is 7.41. The van der Waals surface area contributed by atoms with Gasteiger partial charge in [0.15, 0.2) is 0 Å². The number of hydrogen-bond acceptors (Lipinski definition) is 5.